The van der Waals surface area contributed by atoms with Crippen LogP contribution < -0.4 is 10.6 Å². The molecule has 0 fully saturated rings. The van der Waals surface area contributed by atoms with E-state index in [1.165, 1.54) is 0 Å². The Morgan fingerprint density at radius 1 is 0.893 bits per heavy atom. The number of benzene rings is 2. The number of nitrogens with zero attached hydrogens (tertiary/aromatic N) is 5. The van der Waals surface area contributed by atoms with Crippen molar-refractivity contribution in [1.82, 2.24) is 19.5 Å². The Kier molecular flexibility index (Phi) is 3.79. The van der Waals surface area contributed by atoms with E-state index >= 15 is 0 Å². The van der Waals surface area contributed by atoms with Gasteiger partial charge in [0, 0.05) is 11.4 Å². The van der Waals surface area contributed by atoms with Crippen LogP contribution in [0.4, 0.5) is 11.9 Å². The molecule has 0 bridgehead atoms. The van der Waals surface area contributed by atoms with Crippen LogP contribution in [-0.4, -0.2) is 25.5 Å². The average Bonchev–Trinajstić information content (AvgIpc) is 3.05. The highest BCUT2D eigenvalue weighted by Gasteiger charge is 2.26. The van der Waals surface area contributed by atoms with Crippen molar-refractivity contribution in [2.24, 2.45) is 4.99 Å². The van der Waals surface area contributed by atoms with Crippen LogP contribution in [-0.2, 0) is 0 Å². The monoisotopic (exact) mass is 369 g/mol. The summed E-state index contributed by atoms with van der Waals surface area (Å²) in [7, 11) is 0. The van der Waals surface area contributed by atoms with E-state index in [9.17, 15) is 0 Å². The molecule has 2 aromatic carbocycles. The van der Waals surface area contributed by atoms with Gasteiger partial charge in [-0.05, 0) is 37.6 Å². The first kappa shape index (κ1) is 16.4. The van der Waals surface area contributed by atoms with Crippen molar-refractivity contribution < 1.29 is 0 Å². The normalized spacial score (nSPS) is 15.6. The summed E-state index contributed by atoms with van der Waals surface area (Å²) in [4.78, 5) is 18.6. The fourth-order valence-electron chi connectivity index (χ4n) is 3.50. The minimum absolute atomic E-state index is 0.238. The maximum Gasteiger partial charge on any atom is 0.229 e. The zero-order chi connectivity index (χ0) is 19.1. The fraction of sp³-hybridized carbons (Fsp3) is 0.143. The van der Waals surface area contributed by atoms with Crippen molar-refractivity contribution in [3.05, 3.63) is 77.6 Å². The minimum atomic E-state index is -0.238. The number of hydrogen-bond donors (Lipinski definition) is 2. The molecule has 0 saturated carbocycles. The summed E-state index contributed by atoms with van der Waals surface area (Å²) in [6, 6.07) is 20.2. The number of rotatable bonds is 2. The molecule has 3 heterocycles. The van der Waals surface area contributed by atoms with Crippen LogP contribution in [0.15, 0.2) is 65.7 Å². The molecule has 1 aliphatic heterocycles. The predicted octanol–water partition coefficient (Wildman–Crippen LogP) is 3.88. The number of imidazole rings is 1. The number of anilines is 2. The van der Waals surface area contributed by atoms with Crippen molar-refractivity contribution in [2.75, 3.05) is 10.6 Å². The molecule has 0 spiro atoms. The second-order valence-corrected chi connectivity index (χ2v) is 6.78. The highest BCUT2D eigenvalue weighted by atomic mass is 15.4. The van der Waals surface area contributed by atoms with Gasteiger partial charge in [0.2, 0.25) is 17.9 Å². The van der Waals surface area contributed by atoms with Crippen LogP contribution in [0.25, 0.3) is 11.0 Å². The molecule has 1 atom stereocenters. The van der Waals surface area contributed by atoms with Crippen LogP contribution in [0.2, 0.25) is 0 Å². The third-order valence-electron chi connectivity index (χ3n) is 4.63. The molecule has 5 rings (SSSR count). The van der Waals surface area contributed by atoms with Gasteiger partial charge in [0.25, 0.3) is 0 Å². The summed E-state index contributed by atoms with van der Waals surface area (Å²) < 4.78 is 2.11. The van der Waals surface area contributed by atoms with Crippen molar-refractivity contribution in [3.63, 3.8) is 0 Å². The summed E-state index contributed by atoms with van der Waals surface area (Å²) in [5.74, 6) is 1.82. The van der Waals surface area contributed by atoms with E-state index in [1.54, 1.807) is 0 Å². The van der Waals surface area contributed by atoms with Crippen molar-refractivity contribution >= 4 is 28.9 Å². The molecule has 0 saturated heterocycles. The van der Waals surface area contributed by atoms with E-state index in [1.807, 2.05) is 56.3 Å². The van der Waals surface area contributed by atoms with Gasteiger partial charge >= 0.3 is 0 Å². The highest BCUT2D eigenvalue weighted by molar-refractivity contribution is 6.03. The second-order valence-electron chi connectivity index (χ2n) is 6.78. The average molecular weight is 369 g/mol. The Hall–Kier alpha value is -3.74. The van der Waals surface area contributed by atoms with Crippen LogP contribution in [0, 0.1) is 13.8 Å². The van der Waals surface area contributed by atoms with E-state index in [4.69, 9.17) is 9.98 Å². The standard InChI is InChI=1S/C21H19N7/c1-13-12-14(2)23-19(22-13)26-20-25-18(15-8-4-3-5-9-15)28-17-11-7-6-10-16(17)24-21(28)27-20/h3-12,18H,1-2H3,(H2,22,23,24,25,26,27). The number of hydrogen-bond acceptors (Lipinski definition) is 6. The van der Waals surface area contributed by atoms with Gasteiger partial charge in [0.05, 0.1) is 11.0 Å². The van der Waals surface area contributed by atoms with Crippen LogP contribution in [0.1, 0.15) is 23.1 Å². The molecule has 28 heavy (non-hydrogen) atoms. The van der Waals surface area contributed by atoms with Crippen LogP contribution in [0.5, 0.6) is 0 Å². The quantitative estimate of drug-likeness (QED) is 0.560. The number of nitrogens with one attached hydrogen (secondary N) is 2. The molecule has 138 valence electrons. The van der Waals surface area contributed by atoms with E-state index < -0.39 is 0 Å². The Balaban J connectivity index is 1.61. The molecule has 7 heteroatoms. The molecule has 2 aromatic heterocycles. The molecule has 2 N–H and O–H groups in total. The van der Waals surface area contributed by atoms with E-state index in [-0.39, 0.29) is 6.17 Å². The summed E-state index contributed by atoms with van der Waals surface area (Å²) in [6.07, 6.45) is -0.238. The van der Waals surface area contributed by atoms with Gasteiger partial charge in [-0.25, -0.2) is 19.9 Å². The zero-order valence-electron chi connectivity index (χ0n) is 15.6. The Morgan fingerprint density at radius 2 is 1.61 bits per heavy atom. The first-order valence-corrected chi connectivity index (χ1v) is 9.13. The smallest absolute Gasteiger partial charge is 0.229 e. The van der Waals surface area contributed by atoms with Gasteiger partial charge in [-0.15, -0.1) is 0 Å². The number of fused-ring (bicyclic) bond motifs is 3. The van der Waals surface area contributed by atoms with E-state index in [0.717, 1.165) is 33.9 Å². The topological polar surface area (TPSA) is 80.0 Å². The minimum Gasteiger partial charge on any atom is -0.296 e. The lowest BCUT2D eigenvalue weighted by Gasteiger charge is -2.25. The van der Waals surface area contributed by atoms with Gasteiger partial charge in [-0.3, -0.25) is 15.2 Å². The number of aliphatic imine (C=N–C) groups is 1. The maximum atomic E-state index is 4.91. The second kappa shape index (κ2) is 6.45. The molecule has 0 radical (unpaired) electrons. The summed E-state index contributed by atoms with van der Waals surface area (Å²) in [5.41, 5.74) is 4.83. The highest BCUT2D eigenvalue weighted by Crippen LogP contribution is 2.32. The summed E-state index contributed by atoms with van der Waals surface area (Å²) >= 11 is 0. The molecule has 1 aliphatic rings. The molecular formula is C21H19N7. The molecule has 7 nitrogen and oxygen atoms in total. The van der Waals surface area contributed by atoms with Crippen LogP contribution in [0.3, 0.4) is 0 Å². The third kappa shape index (κ3) is 2.87. The molecule has 0 amide bonds. The van der Waals surface area contributed by atoms with Crippen molar-refractivity contribution in [3.8, 4) is 0 Å². The van der Waals surface area contributed by atoms with E-state index in [0.29, 0.717) is 11.9 Å². The summed E-state index contributed by atoms with van der Waals surface area (Å²) in [5, 5.41) is 6.50. The number of aryl methyl sites for hydroxylation is 2. The third-order valence-corrected chi connectivity index (χ3v) is 4.63. The van der Waals surface area contributed by atoms with Crippen LogP contribution >= 0.6 is 0 Å². The summed E-state index contributed by atoms with van der Waals surface area (Å²) in [6.45, 7) is 3.89. The first-order valence-electron chi connectivity index (χ1n) is 9.13. The number of para-hydroxylation sites is 2. The number of aromatic nitrogens is 4. The molecule has 4 aromatic rings. The van der Waals surface area contributed by atoms with Gasteiger partial charge in [0.15, 0.2) is 6.17 Å². The lowest BCUT2D eigenvalue weighted by Crippen LogP contribution is -2.31. The van der Waals surface area contributed by atoms with Crippen molar-refractivity contribution in [2.45, 2.75) is 20.0 Å². The zero-order valence-corrected chi connectivity index (χ0v) is 15.6. The van der Waals surface area contributed by atoms with Gasteiger partial charge in [-0.2, -0.15) is 0 Å². The Bertz CT molecular complexity index is 1170. The van der Waals surface area contributed by atoms with Gasteiger partial charge in [0.1, 0.15) is 0 Å². The van der Waals surface area contributed by atoms with Gasteiger partial charge < -0.3 is 0 Å². The first-order chi connectivity index (χ1) is 13.7. The lowest BCUT2D eigenvalue weighted by molar-refractivity contribution is 0.627. The van der Waals surface area contributed by atoms with Crippen molar-refractivity contribution in [1.29, 1.82) is 0 Å². The molecule has 0 aliphatic carbocycles. The van der Waals surface area contributed by atoms with E-state index in [2.05, 4.69) is 43.4 Å². The lowest BCUT2D eigenvalue weighted by atomic mass is 10.1. The molecular weight excluding hydrogens is 350 g/mol. The molecule has 1 unspecified atom stereocenters. The predicted molar refractivity (Wildman–Crippen MR) is 111 cm³/mol. The maximum absolute atomic E-state index is 4.91. The number of guanidine groups is 1. The largest absolute Gasteiger partial charge is 0.296 e. The fourth-order valence-corrected chi connectivity index (χ4v) is 3.50. The SMILES string of the molecule is Cc1cc(C)nc(NC2=NC(c3ccccc3)n3c(nc4ccccc43)N2)n1. The Morgan fingerprint density at radius 3 is 2.39 bits per heavy atom. The van der Waals surface area contributed by atoms with Gasteiger partial charge in [-0.1, -0.05) is 42.5 Å². The Labute approximate surface area is 162 Å².